The monoisotopic (exact) mass is 462 g/mol. The first-order valence-corrected chi connectivity index (χ1v) is 12.3. The van der Waals surface area contributed by atoms with E-state index < -0.39 is 0 Å². The van der Waals surface area contributed by atoms with E-state index in [4.69, 9.17) is 11.6 Å². The summed E-state index contributed by atoms with van der Waals surface area (Å²) in [6.45, 7) is 9.59. The number of likely N-dealkylation sites (N-methyl/N-ethyl adjacent to an activating group) is 1. The molecule has 1 amide bonds. The molecule has 0 bridgehead atoms. The van der Waals surface area contributed by atoms with Gasteiger partial charge in [-0.15, -0.1) is 0 Å². The van der Waals surface area contributed by atoms with E-state index in [0.717, 1.165) is 62.1 Å². The normalized spacial score (nSPS) is 13.3. The van der Waals surface area contributed by atoms with Crippen molar-refractivity contribution in [3.63, 3.8) is 0 Å². The Morgan fingerprint density at radius 3 is 2.74 bits per heavy atom. The molecule has 168 valence electrons. The molecule has 0 radical (unpaired) electrons. The van der Waals surface area contributed by atoms with Gasteiger partial charge in [0.05, 0.1) is 5.75 Å². The first-order chi connectivity index (χ1) is 14.9. The number of hydrogen-bond acceptors (Lipinski definition) is 5. The Morgan fingerprint density at radius 1 is 1.26 bits per heavy atom. The van der Waals surface area contributed by atoms with Gasteiger partial charge in [0.25, 0.3) is 0 Å². The van der Waals surface area contributed by atoms with Gasteiger partial charge in [0.2, 0.25) is 5.91 Å². The van der Waals surface area contributed by atoms with Crippen LogP contribution in [0.2, 0.25) is 5.02 Å². The van der Waals surface area contributed by atoms with Crippen LogP contribution in [0.3, 0.4) is 0 Å². The summed E-state index contributed by atoms with van der Waals surface area (Å²) in [6, 6.07) is 5.45. The van der Waals surface area contributed by atoms with Gasteiger partial charge in [-0.25, -0.2) is 4.79 Å². The summed E-state index contributed by atoms with van der Waals surface area (Å²) in [5.41, 5.74) is 3.59. The smallest absolute Gasteiger partial charge is 0.325 e. The Hall–Kier alpha value is -1.83. The first kappa shape index (κ1) is 23.8. The number of carbonyl (C=O) groups excluding carboxylic acids is 1. The minimum Gasteiger partial charge on any atom is -0.325 e. The minimum atomic E-state index is -0.207. The van der Waals surface area contributed by atoms with Gasteiger partial charge in [-0.3, -0.25) is 9.36 Å². The molecular weight excluding hydrogens is 432 g/mol. The lowest BCUT2D eigenvalue weighted by molar-refractivity contribution is -0.113. The van der Waals surface area contributed by atoms with Crippen LogP contribution < -0.4 is 11.0 Å². The van der Waals surface area contributed by atoms with Crippen molar-refractivity contribution in [3.8, 4) is 0 Å². The fourth-order valence-electron chi connectivity index (χ4n) is 3.94. The van der Waals surface area contributed by atoms with Crippen LogP contribution in [-0.2, 0) is 24.2 Å². The van der Waals surface area contributed by atoms with E-state index in [1.54, 1.807) is 6.07 Å². The Kier molecular flexibility index (Phi) is 8.58. The third-order valence-electron chi connectivity index (χ3n) is 5.87. The van der Waals surface area contributed by atoms with Crippen LogP contribution in [0.4, 0.5) is 5.69 Å². The van der Waals surface area contributed by atoms with Crippen molar-refractivity contribution < 1.29 is 4.79 Å². The number of thioether (sulfide) groups is 1. The van der Waals surface area contributed by atoms with Crippen LogP contribution in [-0.4, -0.2) is 45.7 Å². The second-order valence-corrected chi connectivity index (χ2v) is 9.13. The molecule has 2 aromatic rings. The molecule has 1 aromatic heterocycles. The molecule has 1 aliphatic carbocycles. The number of nitrogens with one attached hydrogen (secondary N) is 1. The molecule has 0 spiro atoms. The maximum atomic E-state index is 12.8. The summed E-state index contributed by atoms with van der Waals surface area (Å²) in [7, 11) is 0. The van der Waals surface area contributed by atoms with Gasteiger partial charge in [0.1, 0.15) is 5.03 Å². The number of rotatable bonds is 9. The maximum Gasteiger partial charge on any atom is 0.348 e. The average Bonchev–Trinajstić information content (AvgIpc) is 2.77. The molecule has 0 aliphatic heterocycles. The molecule has 31 heavy (non-hydrogen) atoms. The summed E-state index contributed by atoms with van der Waals surface area (Å²) in [6.07, 6.45) is 3.97. The molecule has 1 aliphatic rings. The lowest BCUT2D eigenvalue weighted by Gasteiger charge is -2.24. The van der Waals surface area contributed by atoms with Crippen molar-refractivity contribution in [1.29, 1.82) is 0 Å². The SMILES string of the molecule is CCN(CC)CCn1c2c(c(SCC(=O)Nc3cccc(Cl)c3C)nc1=O)CCCC2. The van der Waals surface area contributed by atoms with Crippen LogP contribution >= 0.6 is 23.4 Å². The zero-order valence-electron chi connectivity index (χ0n) is 18.5. The number of nitrogens with zero attached hydrogens (tertiary/aromatic N) is 3. The van der Waals surface area contributed by atoms with Gasteiger partial charge >= 0.3 is 5.69 Å². The molecule has 0 saturated heterocycles. The number of halogens is 1. The van der Waals surface area contributed by atoms with E-state index in [1.807, 2.05) is 23.6 Å². The Labute approximate surface area is 193 Å². The Morgan fingerprint density at radius 2 is 2.00 bits per heavy atom. The fourth-order valence-corrected chi connectivity index (χ4v) is 4.99. The highest BCUT2D eigenvalue weighted by molar-refractivity contribution is 8.00. The molecule has 1 N–H and O–H groups in total. The molecule has 0 fully saturated rings. The van der Waals surface area contributed by atoms with Crippen molar-refractivity contribution in [2.24, 2.45) is 0 Å². The quantitative estimate of drug-likeness (QED) is 0.447. The predicted molar refractivity (Wildman–Crippen MR) is 128 cm³/mol. The first-order valence-electron chi connectivity index (χ1n) is 11.0. The average molecular weight is 463 g/mol. The van der Waals surface area contributed by atoms with Gasteiger partial charge in [-0.05, 0) is 63.4 Å². The molecular formula is C23H31ClN4O2S. The maximum absolute atomic E-state index is 12.8. The number of benzene rings is 1. The third kappa shape index (κ3) is 5.90. The molecule has 8 heteroatoms. The van der Waals surface area contributed by atoms with E-state index in [2.05, 4.69) is 29.0 Å². The zero-order valence-corrected chi connectivity index (χ0v) is 20.1. The van der Waals surface area contributed by atoms with Crippen molar-refractivity contribution in [2.45, 2.75) is 58.0 Å². The summed E-state index contributed by atoms with van der Waals surface area (Å²) in [4.78, 5) is 32.0. The lowest BCUT2D eigenvalue weighted by atomic mass is 9.97. The van der Waals surface area contributed by atoms with Crippen LogP contribution in [0.5, 0.6) is 0 Å². The second kappa shape index (κ2) is 11.2. The Bertz CT molecular complexity index is 988. The number of carbonyl (C=O) groups is 1. The van der Waals surface area contributed by atoms with E-state index in [-0.39, 0.29) is 17.3 Å². The number of fused-ring (bicyclic) bond motifs is 1. The highest BCUT2D eigenvalue weighted by atomic mass is 35.5. The van der Waals surface area contributed by atoms with E-state index in [1.165, 1.54) is 11.8 Å². The van der Waals surface area contributed by atoms with Crippen LogP contribution in [0.1, 0.15) is 43.5 Å². The topological polar surface area (TPSA) is 67.2 Å². The summed E-state index contributed by atoms with van der Waals surface area (Å²) in [5.74, 6) is 0.0707. The summed E-state index contributed by atoms with van der Waals surface area (Å²) < 4.78 is 1.85. The number of hydrogen-bond donors (Lipinski definition) is 1. The number of aromatic nitrogens is 2. The van der Waals surface area contributed by atoms with Crippen molar-refractivity contribution in [3.05, 3.63) is 50.5 Å². The number of anilines is 1. The van der Waals surface area contributed by atoms with Crippen LogP contribution in [0.15, 0.2) is 28.0 Å². The van der Waals surface area contributed by atoms with Gasteiger partial charge in [0.15, 0.2) is 0 Å². The second-order valence-electron chi connectivity index (χ2n) is 7.76. The predicted octanol–water partition coefficient (Wildman–Crippen LogP) is 4.16. The van der Waals surface area contributed by atoms with Crippen molar-refractivity contribution in [1.82, 2.24) is 14.5 Å². The van der Waals surface area contributed by atoms with Crippen LogP contribution in [0, 0.1) is 6.92 Å². The fraction of sp³-hybridized carbons (Fsp3) is 0.522. The van der Waals surface area contributed by atoms with Crippen LogP contribution in [0.25, 0.3) is 0 Å². The van der Waals surface area contributed by atoms with Gasteiger partial charge in [-0.1, -0.05) is 43.3 Å². The standard InChI is InChI=1S/C23H31ClN4O2S/c1-4-27(5-2)13-14-28-20-12-7-6-9-17(20)22(26-23(28)30)31-15-21(29)25-19-11-8-10-18(24)16(19)3/h8,10-11H,4-7,9,12-15H2,1-3H3,(H,25,29). The van der Waals surface area contributed by atoms with Gasteiger partial charge in [0, 0.05) is 35.1 Å². The largest absolute Gasteiger partial charge is 0.348 e. The van der Waals surface area contributed by atoms with E-state index in [9.17, 15) is 9.59 Å². The van der Waals surface area contributed by atoms with Crippen molar-refractivity contribution in [2.75, 3.05) is 30.7 Å². The molecule has 0 unspecified atom stereocenters. The third-order valence-corrected chi connectivity index (χ3v) is 7.29. The van der Waals surface area contributed by atoms with Gasteiger partial charge in [-0.2, -0.15) is 4.98 Å². The summed E-state index contributed by atoms with van der Waals surface area (Å²) in [5, 5.41) is 4.24. The molecule has 1 heterocycles. The minimum absolute atomic E-state index is 0.132. The zero-order chi connectivity index (χ0) is 22.4. The molecule has 0 saturated carbocycles. The van der Waals surface area contributed by atoms with E-state index in [0.29, 0.717) is 22.3 Å². The lowest BCUT2D eigenvalue weighted by Crippen LogP contribution is -2.35. The van der Waals surface area contributed by atoms with E-state index >= 15 is 0 Å². The van der Waals surface area contributed by atoms with Crippen molar-refractivity contribution >= 4 is 35.0 Å². The van der Waals surface area contributed by atoms with Gasteiger partial charge < -0.3 is 10.2 Å². The Balaban J connectivity index is 1.74. The highest BCUT2D eigenvalue weighted by Crippen LogP contribution is 2.29. The summed E-state index contributed by atoms with van der Waals surface area (Å²) >= 11 is 7.49. The molecule has 1 aromatic carbocycles. The molecule has 3 rings (SSSR count). The number of amides is 1. The molecule has 0 atom stereocenters. The molecule has 6 nitrogen and oxygen atoms in total. The highest BCUT2D eigenvalue weighted by Gasteiger charge is 2.21.